The van der Waals surface area contributed by atoms with E-state index in [1.807, 2.05) is 0 Å². The molecule has 0 spiro atoms. The van der Waals surface area contributed by atoms with E-state index in [0.717, 1.165) is 32.5 Å². The van der Waals surface area contributed by atoms with Crippen molar-refractivity contribution < 1.29 is 4.79 Å². The number of hydrogen-bond acceptors (Lipinski definition) is 2. The molecule has 2 aliphatic rings. The van der Waals surface area contributed by atoms with Crippen LogP contribution in [0.15, 0.2) is 0 Å². The third-order valence-corrected chi connectivity index (χ3v) is 3.79. The summed E-state index contributed by atoms with van der Waals surface area (Å²) in [7, 11) is 0. The first kappa shape index (κ1) is 12.9. The lowest BCUT2D eigenvalue weighted by Crippen LogP contribution is -2.48. The molecule has 17 heavy (non-hydrogen) atoms. The Labute approximate surface area is 105 Å². The molecule has 1 heterocycles. The number of likely N-dealkylation sites (tertiary alicyclic amines) is 1. The predicted octanol–water partition coefficient (Wildman–Crippen LogP) is 2.08. The summed E-state index contributed by atoms with van der Waals surface area (Å²) in [6.07, 6.45) is 4.76. The Bertz CT molecular complexity index is 265. The Morgan fingerprint density at radius 1 is 1.06 bits per heavy atom. The van der Waals surface area contributed by atoms with E-state index >= 15 is 0 Å². The van der Waals surface area contributed by atoms with E-state index in [-0.39, 0.29) is 5.91 Å². The van der Waals surface area contributed by atoms with Crippen LogP contribution < -0.4 is 0 Å². The van der Waals surface area contributed by atoms with E-state index < -0.39 is 0 Å². The van der Waals surface area contributed by atoms with Crippen molar-refractivity contribution in [1.29, 1.82) is 0 Å². The van der Waals surface area contributed by atoms with Crippen molar-refractivity contribution in [3.63, 3.8) is 0 Å². The van der Waals surface area contributed by atoms with Crippen LogP contribution in [0.1, 0.15) is 46.5 Å². The second-order valence-electron chi connectivity index (χ2n) is 5.87. The Hall–Kier alpha value is -0.570. The third-order valence-electron chi connectivity index (χ3n) is 3.79. The van der Waals surface area contributed by atoms with Crippen molar-refractivity contribution in [3.8, 4) is 0 Å². The van der Waals surface area contributed by atoms with Crippen molar-refractivity contribution in [2.45, 2.75) is 58.5 Å². The molecule has 2 fully saturated rings. The van der Waals surface area contributed by atoms with Gasteiger partial charge in [-0.2, -0.15) is 0 Å². The fourth-order valence-corrected chi connectivity index (χ4v) is 2.97. The number of carbonyl (C=O) groups is 1. The lowest BCUT2D eigenvalue weighted by Gasteiger charge is -2.38. The number of carbonyl (C=O) groups excluding carboxylic acids is 1. The maximum atomic E-state index is 11.7. The molecule has 1 aliphatic carbocycles. The molecule has 0 aromatic heterocycles. The van der Waals surface area contributed by atoms with E-state index in [2.05, 4.69) is 23.6 Å². The zero-order valence-electron chi connectivity index (χ0n) is 11.4. The van der Waals surface area contributed by atoms with Gasteiger partial charge in [-0.3, -0.25) is 4.79 Å². The van der Waals surface area contributed by atoms with Gasteiger partial charge in [0.25, 0.3) is 0 Å². The maximum absolute atomic E-state index is 11.7. The highest BCUT2D eigenvalue weighted by atomic mass is 16.2. The first-order valence-corrected chi connectivity index (χ1v) is 6.88. The van der Waals surface area contributed by atoms with Crippen LogP contribution in [0, 0.1) is 5.92 Å². The van der Waals surface area contributed by atoms with Crippen LogP contribution in [0.4, 0.5) is 0 Å². The van der Waals surface area contributed by atoms with E-state index in [1.54, 1.807) is 6.92 Å². The average Bonchev–Trinajstić information content (AvgIpc) is 3.04. The van der Waals surface area contributed by atoms with Gasteiger partial charge in [0.1, 0.15) is 0 Å². The van der Waals surface area contributed by atoms with Gasteiger partial charge in [0.2, 0.25) is 5.91 Å². The number of nitrogens with zero attached hydrogens (tertiary/aromatic N) is 2. The van der Waals surface area contributed by atoms with E-state index in [1.165, 1.54) is 18.8 Å². The Morgan fingerprint density at radius 2 is 1.59 bits per heavy atom. The van der Waals surface area contributed by atoms with Crippen molar-refractivity contribution in [2.75, 3.05) is 19.6 Å². The van der Waals surface area contributed by atoms with Crippen LogP contribution >= 0.6 is 0 Å². The molecule has 1 saturated carbocycles. The number of hydrogen-bond donors (Lipinski definition) is 0. The van der Waals surface area contributed by atoms with Gasteiger partial charge in [-0.15, -0.1) is 0 Å². The topological polar surface area (TPSA) is 23.6 Å². The average molecular weight is 237 g/mol. The monoisotopic (exact) mass is 237 g/mol. The van der Waals surface area contributed by atoms with Gasteiger partial charge in [0.05, 0.1) is 0 Å². The smallest absolute Gasteiger partial charge is 0.219 e. The molecule has 0 atom stereocenters. The summed E-state index contributed by atoms with van der Waals surface area (Å²) in [6.45, 7) is 9.53. The van der Waals surface area contributed by atoms with Crippen LogP contribution in [0.2, 0.25) is 0 Å². The number of piperidine rings is 1. The molecule has 1 amide bonds. The van der Waals surface area contributed by atoms with Crippen LogP contribution in [0.5, 0.6) is 0 Å². The molecule has 0 aromatic carbocycles. The van der Waals surface area contributed by atoms with Gasteiger partial charge in [-0.05, 0) is 31.6 Å². The minimum absolute atomic E-state index is 0.282. The van der Waals surface area contributed by atoms with Crippen LogP contribution in [-0.2, 0) is 4.79 Å². The van der Waals surface area contributed by atoms with E-state index in [0.29, 0.717) is 12.1 Å². The summed E-state index contributed by atoms with van der Waals surface area (Å²) in [5.41, 5.74) is 0. The highest BCUT2D eigenvalue weighted by Gasteiger charge is 2.36. The molecule has 0 N–H and O–H groups in total. The van der Waals surface area contributed by atoms with Crippen LogP contribution in [-0.4, -0.2) is 47.4 Å². The first-order chi connectivity index (χ1) is 8.08. The van der Waals surface area contributed by atoms with Gasteiger partial charge in [-0.1, -0.05) is 13.8 Å². The summed E-state index contributed by atoms with van der Waals surface area (Å²) in [5.74, 6) is 1.76. The van der Waals surface area contributed by atoms with Crippen molar-refractivity contribution in [2.24, 2.45) is 0 Å². The molecule has 3 nitrogen and oxygen atoms in total. The Kier molecular flexibility index (Phi) is 4.08. The fraction of sp³-hybridized carbons (Fsp3) is 0.857. The van der Waals surface area contributed by atoms with Crippen LogP contribution in [0.3, 0.4) is 0 Å². The highest BCUT2D eigenvalue weighted by Crippen LogP contribution is 2.31. The number of rotatable bonds is 4. The molecule has 3 heteroatoms. The largest absolute Gasteiger partial charge is 0.337 e. The highest BCUT2D eigenvalue weighted by molar-refractivity contribution is 5.74. The van der Waals surface area contributed by atoms with Gasteiger partial charge in [0, 0.05) is 38.6 Å². The lowest BCUT2D eigenvalue weighted by atomic mass is 10.0. The first-order valence-electron chi connectivity index (χ1n) is 6.88. The zero-order chi connectivity index (χ0) is 12.4. The molecule has 1 radical (unpaired) electrons. The van der Waals surface area contributed by atoms with E-state index in [9.17, 15) is 4.79 Å². The zero-order valence-corrected chi connectivity index (χ0v) is 11.4. The van der Waals surface area contributed by atoms with Crippen molar-refractivity contribution in [3.05, 3.63) is 5.92 Å². The molecule has 97 valence electrons. The molecular weight excluding hydrogens is 212 g/mol. The minimum Gasteiger partial charge on any atom is -0.337 e. The normalized spacial score (nSPS) is 23.1. The van der Waals surface area contributed by atoms with Gasteiger partial charge < -0.3 is 9.80 Å². The van der Waals surface area contributed by atoms with Gasteiger partial charge >= 0.3 is 0 Å². The quantitative estimate of drug-likeness (QED) is 0.747. The summed E-state index contributed by atoms with van der Waals surface area (Å²) in [5, 5.41) is 0. The second kappa shape index (κ2) is 5.38. The minimum atomic E-state index is 0.282. The summed E-state index contributed by atoms with van der Waals surface area (Å²) in [4.78, 5) is 16.4. The second-order valence-corrected chi connectivity index (χ2v) is 5.87. The van der Waals surface area contributed by atoms with Crippen LogP contribution in [0.25, 0.3) is 0 Å². The van der Waals surface area contributed by atoms with Gasteiger partial charge in [-0.25, -0.2) is 0 Å². The summed E-state index contributed by atoms with van der Waals surface area (Å²) < 4.78 is 0. The van der Waals surface area contributed by atoms with Crippen molar-refractivity contribution in [1.82, 2.24) is 9.80 Å². The Morgan fingerprint density at radius 3 is 2.00 bits per heavy atom. The lowest BCUT2D eigenvalue weighted by molar-refractivity contribution is -0.132. The molecule has 0 unspecified atom stereocenters. The molecule has 0 aromatic rings. The van der Waals surface area contributed by atoms with Gasteiger partial charge in [0.15, 0.2) is 0 Å². The third kappa shape index (κ3) is 3.44. The van der Waals surface area contributed by atoms with Crippen molar-refractivity contribution >= 4 is 5.91 Å². The standard InChI is InChI=1S/C14H25N2O/c1-11(2)10-15-8-6-14(7-9-15)16(12(3)17)13-4-5-13/h13-14H,4-10H2,1-3H3. The fourth-order valence-electron chi connectivity index (χ4n) is 2.97. The molecule has 0 bridgehead atoms. The number of amides is 1. The maximum Gasteiger partial charge on any atom is 0.219 e. The molecular formula is C14H25N2O. The predicted molar refractivity (Wildman–Crippen MR) is 69.6 cm³/mol. The Balaban J connectivity index is 1.83. The summed E-state index contributed by atoms with van der Waals surface area (Å²) >= 11 is 0. The SMILES string of the molecule is C[C](C)CN1CCC(N(C(C)=O)C2CC2)CC1. The molecule has 1 saturated heterocycles. The summed E-state index contributed by atoms with van der Waals surface area (Å²) in [6, 6.07) is 1.08. The molecule has 1 aliphatic heterocycles. The van der Waals surface area contributed by atoms with E-state index in [4.69, 9.17) is 0 Å². The molecule has 2 rings (SSSR count).